The minimum absolute atomic E-state index is 0. The van der Waals surface area contributed by atoms with Crippen LogP contribution in [0.4, 0.5) is 5.69 Å². The summed E-state index contributed by atoms with van der Waals surface area (Å²) in [5.74, 6) is 0.00403. The zero-order chi connectivity index (χ0) is 11.9. The fourth-order valence-electron chi connectivity index (χ4n) is 1.83. The second kappa shape index (κ2) is 7.95. The van der Waals surface area contributed by atoms with Crippen LogP contribution >= 0.6 is 12.4 Å². The smallest absolute Gasteiger partial charge is 0.239 e. The third-order valence-electron chi connectivity index (χ3n) is 2.78. The van der Waals surface area contributed by atoms with Gasteiger partial charge in [0.1, 0.15) is 0 Å². The van der Waals surface area contributed by atoms with Crippen LogP contribution in [0.25, 0.3) is 0 Å². The first-order valence-electron chi connectivity index (χ1n) is 6.02. The lowest BCUT2D eigenvalue weighted by atomic mass is 10.2. The molecule has 1 aliphatic rings. The van der Waals surface area contributed by atoms with Crippen LogP contribution < -0.4 is 10.6 Å². The van der Waals surface area contributed by atoms with E-state index in [-0.39, 0.29) is 24.4 Å². The first-order valence-corrected chi connectivity index (χ1v) is 6.02. The monoisotopic (exact) mass is 270 g/mol. The van der Waals surface area contributed by atoms with Gasteiger partial charge in [-0.1, -0.05) is 18.2 Å². The second-order valence-corrected chi connectivity index (χ2v) is 4.16. The van der Waals surface area contributed by atoms with E-state index < -0.39 is 0 Å². The molecule has 1 aromatic rings. The predicted octanol–water partition coefficient (Wildman–Crippen LogP) is 1.82. The molecule has 0 bridgehead atoms. The number of anilines is 1. The Hall–Kier alpha value is -1.26. The van der Waals surface area contributed by atoms with Gasteiger partial charge < -0.3 is 15.4 Å². The zero-order valence-electron chi connectivity index (χ0n) is 10.2. The third kappa shape index (κ3) is 4.94. The van der Waals surface area contributed by atoms with Gasteiger partial charge in [0, 0.05) is 18.8 Å². The van der Waals surface area contributed by atoms with Crippen LogP contribution in [0.5, 0.6) is 0 Å². The number of carbonyl (C=O) groups excluding carboxylic acids is 1. The topological polar surface area (TPSA) is 50.4 Å². The minimum Gasteiger partial charge on any atom is -0.376 e. The van der Waals surface area contributed by atoms with Crippen molar-refractivity contribution in [2.45, 2.75) is 18.9 Å². The molecular formula is C13H19ClN2O2. The summed E-state index contributed by atoms with van der Waals surface area (Å²) in [6, 6.07) is 9.70. The normalized spacial score (nSPS) is 17.9. The largest absolute Gasteiger partial charge is 0.376 e. The fraction of sp³-hybridized carbons (Fsp3) is 0.462. The number of hydrogen-bond acceptors (Lipinski definition) is 3. The summed E-state index contributed by atoms with van der Waals surface area (Å²) in [7, 11) is 0. The molecule has 4 nitrogen and oxygen atoms in total. The van der Waals surface area contributed by atoms with E-state index in [1.165, 1.54) is 0 Å². The number of amides is 1. The molecule has 5 heteroatoms. The molecule has 100 valence electrons. The molecule has 0 radical (unpaired) electrons. The highest BCUT2D eigenvalue weighted by Crippen LogP contribution is 2.10. The van der Waals surface area contributed by atoms with E-state index in [0.29, 0.717) is 13.1 Å². The van der Waals surface area contributed by atoms with Crippen molar-refractivity contribution < 1.29 is 9.53 Å². The van der Waals surface area contributed by atoms with Crippen molar-refractivity contribution >= 4 is 24.0 Å². The van der Waals surface area contributed by atoms with Gasteiger partial charge in [-0.05, 0) is 25.0 Å². The Morgan fingerprint density at radius 3 is 2.78 bits per heavy atom. The number of nitrogens with one attached hydrogen (secondary N) is 2. The molecule has 1 aliphatic heterocycles. The van der Waals surface area contributed by atoms with Crippen LogP contribution in [0.15, 0.2) is 30.3 Å². The Morgan fingerprint density at radius 2 is 2.11 bits per heavy atom. The van der Waals surface area contributed by atoms with Gasteiger partial charge in [0.05, 0.1) is 12.6 Å². The molecule has 1 atom stereocenters. The summed E-state index contributed by atoms with van der Waals surface area (Å²) in [6.45, 7) is 1.74. The van der Waals surface area contributed by atoms with Crippen molar-refractivity contribution in [3.63, 3.8) is 0 Å². The van der Waals surface area contributed by atoms with Crippen molar-refractivity contribution in [3.05, 3.63) is 30.3 Å². The highest BCUT2D eigenvalue weighted by Gasteiger charge is 2.15. The molecule has 1 heterocycles. The average molecular weight is 271 g/mol. The van der Waals surface area contributed by atoms with Gasteiger partial charge in [-0.3, -0.25) is 4.79 Å². The first-order chi connectivity index (χ1) is 8.34. The second-order valence-electron chi connectivity index (χ2n) is 4.16. The van der Waals surface area contributed by atoms with E-state index in [1.54, 1.807) is 0 Å². The summed E-state index contributed by atoms with van der Waals surface area (Å²) in [5.41, 5.74) is 0.958. The van der Waals surface area contributed by atoms with Crippen molar-refractivity contribution in [1.82, 2.24) is 5.32 Å². The van der Waals surface area contributed by atoms with Crippen LogP contribution in [0.2, 0.25) is 0 Å². The molecule has 0 saturated carbocycles. The van der Waals surface area contributed by atoms with Gasteiger partial charge >= 0.3 is 0 Å². The molecule has 1 saturated heterocycles. The van der Waals surface area contributed by atoms with Crippen molar-refractivity contribution in [2.75, 3.05) is 25.0 Å². The number of carbonyl (C=O) groups is 1. The highest BCUT2D eigenvalue weighted by molar-refractivity contribution is 5.85. The van der Waals surface area contributed by atoms with Crippen molar-refractivity contribution in [3.8, 4) is 0 Å². The van der Waals surface area contributed by atoms with E-state index in [9.17, 15) is 4.79 Å². The van der Waals surface area contributed by atoms with Crippen molar-refractivity contribution in [2.24, 2.45) is 0 Å². The van der Waals surface area contributed by atoms with E-state index in [2.05, 4.69) is 10.6 Å². The number of halogens is 1. The maximum Gasteiger partial charge on any atom is 0.239 e. The molecule has 18 heavy (non-hydrogen) atoms. The lowest BCUT2D eigenvalue weighted by Gasteiger charge is -2.11. The summed E-state index contributed by atoms with van der Waals surface area (Å²) in [5, 5.41) is 5.94. The maximum absolute atomic E-state index is 11.5. The van der Waals surface area contributed by atoms with Gasteiger partial charge in [-0.15, -0.1) is 12.4 Å². The lowest BCUT2D eigenvalue weighted by Crippen LogP contribution is -2.35. The molecule has 1 amide bonds. The molecule has 1 aromatic carbocycles. The van der Waals surface area contributed by atoms with E-state index >= 15 is 0 Å². The zero-order valence-corrected chi connectivity index (χ0v) is 11.0. The van der Waals surface area contributed by atoms with Gasteiger partial charge in [-0.25, -0.2) is 0 Å². The Labute approximate surface area is 114 Å². The van der Waals surface area contributed by atoms with E-state index in [1.807, 2.05) is 30.3 Å². The Kier molecular flexibility index (Phi) is 6.54. The van der Waals surface area contributed by atoms with Gasteiger partial charge in [0.15, 0.2) is 0 Å². The van der Waals surface area contributed by atoms with Crippen LogP contribution in [-0.4, -0.2) is 31.7 Å². The Balaban J connectivity index is 0.00000162. The van der Waals surface area contributed by atoms with E-state index in [4.69, 9.17) is 4.74 Å². The summed E-state index contributed by atoms with van der Waals surface area (Å²) >= 11 is 0. The number of ether oxygens (including phenoxy) is 1. The Bertz CT molecular complexity index is 353. The minimum atomic E-state index is 0. The SMILES string of the molecule is Cl.O=C(CNc1ccccc1)NCC1CCCO1. The molecule has 2 N–H and O–H groups in total. The molecule has 0 spiro atoms. The molecule has 1 fully saturated rings. The standard InChI is InChI=1S/C13H18N2O2.ClH/c16-13(15-9-12-7-4-8-17-12)10-14-11-5-2-1-3-6-11;/h1-3,5-6,12,14H,4,7-10H2,(H,15,16);1H. The van der Waals surface area contributed by atoms with E-state index in [0.717, 1.165) is 25.1 Å². The van der Waals surface area contributed by atoms with Gasteiger partial charge in [0.25, 0.3) is 0 Å². The number of para-hydroxylation sites is 1. The van der Waals surface area contributed by atoms with Crippen LogP contribution in [0.1, 0.15) is 12.8 Å². The molecule has 0 aliphatic carbocycles. The number of rotatable bonds is 5. The van der Waals surface area contributed by atoms with Gasteiger partial charge in [-0.2, -0.15) is 0 Å². The lowest BCUT2D eigenvalue weighted by molar-refractivity contribution is -0.119. The summed E-state index contributed by atoms with van der Waals surface area (Å²) in [4.78, 5) is 11.5. The maximum atomic E-state index is 11.5. The average Bonchev–Trinajstić information content (AvgIpc) is 2.88. The third-order valence-corrected chi connectivity index (χ3v) is 2.78. The van der Waals surface area contributed by atoms with Crippen LogP contribution in [-0.2, 0) is 9.53 Å². The molecular weight excluding hydrogens is 252 g/mol. The van der Waals surface area contributed by atoms with Gasteiger partial charge in [0.2, 0.25) is 5.91 Å². The first kappa shape index (κ1) is 14.8. The van der Waals surface area contributed by atoms with Crippen molar-refractivity contribution in [1.29, 1.82) is 0 Å². The molecule has 1 unspecified atom stereocenters. The Morgan fingerprint density at radius 1 is 1.33 bits per heavy atom. The fourth-order valence-corrected chi connectivity index (χ4v) is 1.83. The number of benzene rings is 1. The number of hydrogen-bond donors (Lipinski definition) is 2. The summed E-state index contributed by atoms with van der Waals surface area (Å²) < 4.78 is 5.43. The quantitative estimate of drug-likeness (QED) is 0.858. The van der Waals surface area contributed by atoms with Crippen LogP contribution in [0, 0.1) is 0 Å². The highest BCUT2D eigenvalue weighted by atomic mass is 35.5. The summed E-state index contributed by atoms with van der Waals surface area (Å²) in [6.07, 6.45) is 2.35. The van der Waals surface area contributed by atoms with Crippen LogP contribution in [0.3, 0.4) is 0 Å². The molecule has 2 rings (SSSR count). The molecule has 0 aromatic heterocycles. The predicted molar refractivity (Wildman–Crippen MR) is 74.2 cm³/mol.